The summed E-state index contributed by atoms with van der Waals surface area (Å²) in [5.41, 5.74) is 1.52. The molecule has 0 saturated heterocycles. The Morgan fingerprint density at radius 3 is 2.66 bits per heavy atom. The van der Waals surface area contributed by atoms with Crippen LogP contribution in [-0.4, -0.2) is 20.6 Å². The highest BCUT2D eigenvalue weighted by atomic mass is 32.2. The maximum Gasteiger partial charge on any atom is 0.262 e. The van der Waals surface area contributed by atoms with Crippen LogP contribution in [0.1, 0.15) is 11.3 Å². The largest absolute Gasteiger partial charge is 0.495 e. The fraction of sp³-hybridized carbons (Fsp3) is 0.150. The van der Waals surface area contributed by atoms with Crippen LogP contribution in [0.2, 0.25) is 0 Å². The molecule has 3 aromatic rings. The zero-order valence-corrected chi connectivity index (χ0v) is 17.6. The first-order valence-electron chi connectivity index (χ1n) is 8.73. The molecule has 29 heavy (non-hydrogen) atoms. The zero-order valence-electron chi connectivity index (χ0n) is 15.9. The Labute approximate surface area is 175 Å². The molecular weight excluding hydrogens is 410 g/mol. The number of furan rings is 1. The number of benzene rings is 2. The first-order valence-corrected chi connectivity index (χ1v) is 10.6. The van der Waals surface area contributed by atoms with E-state index >= 15 is 0 Å². The van der Waals surface area contributed by atoms with Crippen LogP contribution in [0.5, 0.6) is 5.75 Å². The Balaban J connectivity index is 1.76. The highest BCUT2D eigenvalue weighted by Gasteiger charge is 2.19. The number of para-hydroxylation sites is 2. The van der Waals surface area contributed by atoms with E-state index in [9.17, 15) is 8.42 Å². The maximum atomic E-state index is 13.0. The zero-order chi connectivity index (χ0) is 20.9. The van der Waals surface area contributed by atoms with Gasteiger partial charge in [-0.05, 0) is 61.1 Å². The molecule has 0 atom stereocenters. The van der Waals surface area contributed by atoms with Crippen molar-refractivity contribution in [1.29, 1.82) is 0 Å². The minimum atomic E-state index is -3.83. The van der Waals surface area contributed by atoms with Gasteiger partial charge in [0.2, 0.25) is 0 Å². The average Bonchev–Trinajstić information content (AvgIpc) is 3.21. The van der Waals surface area contributed by atoms with E-state index in [2.05, 4.69) is 15.4 Å². The summed E-state index contributed by atoms with van der Waals surface area (Å²) in [6.07, 6.45) is 1.58. The molecule has 2 aromatic carbocycles. The minimum Gasteiger partial charge on any atom is -0.495 e. The standard InChI is InChI=1S/C20H21N3O4S2/c1-14-9-10-15(22-20(28)21-13-16-6-5-11-27-16)12-19(14)29(24,25)23-17-7-3-4-8-18(17)26-2/h3-12,23H,13H2,1-2H3,(H2,21,22,28). The summed E-state index contributed by atoms with van der Waals surface area (Å²) in [4.78, 5) is 0.141. The lowest BCUT2D eigenvalue weighted by Gasteiger charge is -2.15. The lowest BCUT2D eigenvalue weighted by molar-refractivity contribution is 0.417. The number of sulfonamides is 1. The molecule has 152 valence electrons. The van der Waals surface area contributed by atoms with Crippen LogP contribution in [0.3, 0.4) is 0 Å². The van der Waals surface area contributed by atoms with Gasteiger partial charge < -0.3 is 19.8 Å². The first-order chi connectivity index (χ1) is 13.9. The lowest BCUT2D eigenvalue weighted by atomic mass is 10.2. The molecule has 0 aliphatic carbocycles. The Morgan fingerprint density at radius 1 is 1.14 bits per heavy atom. The molecule has 1 aromatic heterocycles. The van der Waals surface area contributed by atoms with Crippen LogP contribution in [0.4, 0.5) is 11.4 Å². The molecule has 0 bridgehead atoms. The number of aryl methyl sites for hydroxylation is 1. The quantitative estimate of drug-likeness (QED) is 0.489. The number of thiocarbonyl (C=S) groups is 1. The van der Waals surface area contributed by atoms with Crippen molar-refractivity contribution in [2.45, 2.75) is 18.4 Å². The van der Waals surface area contributed by atoms with Crippen LogP contribution in [0.25, 0.3) is 0 Å². The number of ether oxygens (including phenoxy) is 1. The third-order valence-corrected chi connectivity index (χ3v) is 5.84. The van der Waals surface area contributed by atoms with Crippen LogP contribution in [-0.2, 0) is 16.6 Å². The molecule has 0 amide bonds. The van der Waals surface area contributed by atoms with Crippen molar-refractivity contribution in [2.75, 3.05) is 17.1 Å². The highest BCUT2D eigenvalue weighted by molar-refractivity contribution is 7.92. The van der Waals surface area contributed by atoms with Crippen molar-refractivity contribution in [3.8, 4) is 5.75 Å². The predicted octanol–water partition coefficient (Wildman–Crippen LogP) is 3.88. The van der Waals surface area contributed by atoms with Crippen LogP contribution in [0, 0.1) is 6.92 Å². The normalized spacial score (nSPS) is 11.0. The lowest BCUT2D eigenvalue weighted by Crippen LogP contribution is -2.27. The fourth-order valence-corrected chi connectivity index (χ4v) is 4.18. The fourth-order valence-electron chi connectivity index (χ4n) is 2.65. The van der Waals surface area contributed by atoms with E-state index in [0.29, 0.717) is 34.3 Å². The van der Waals surface area contributed by atoms with Gasteiger partial charge in [0.25, 0.3) is 10.0 Å². The second-order valence-electron chi connectivity index (χ2n) is 6.17. The van der Waals surface area contributed by atoms with Gasteiger partial charge in [0.1, 0.15) is 11.5 Å². The summed E-state index contributed by atoms with van der Waals surface area (Å²) in [6, 6.07) is 15.5. The van der Waals surface area contributed by atoms with Gasteiger partial charge in [0.05, 0.1) is 30.5 Å². The summed E-state index contributed by atoms with van der Waals surface area (Å²) in [7, 11) is -2.35. The Hall–Kier alpha value is -3.04. The summed E-state index contributed by atoms with van der Waals surface area (Å²) in [5, 5.41) is 6.35. The van der Waals surface area contributed by atoms with E-state index < -0.39 is 10.0 Å². The second kappa shape index (κ2) is 8.97. The predicted molar refractivity (Wildman–Crippen MR) is 117 cm³/mol. The topological polar surface area (TPSA) is 92.6 Å². The number of hydrogen-bond acceptors (Lipinski definition) is 5. The Kier molecular flexibility index (Phi) is 6.40. The van der Waals surface area contributed by atoms with Crippen LogP contribution in [0.15, 0.2) is 70.2 Å². The summed E-state index contributed by atoms with van der Waals surface area (Å²) >= 11 is 5.27. The number of methoxy groups -OCH3 is 1. The van der Waals surface area contributed by atoms with E-state index in [0.717, 1.165) is 5.76 Å². The van der Waals surface area contributed by atoms with Crippen molar-refractivity contribution < 1.29 is 17.6 Å². The van der Waals surface area contributed by atoms with Gasteiger partial charge >= 0.3 is 0 Å². The van der Waals surface area contributed by atoms with Crippen molar-refractivity contribution in [2.24, 2.45) is 0 Å². The van der Waals surface area contributed by atoms with Crippen molar-refractivity contribution in [3.05, 3.63) is 72.2 Å². The third kappa shape index (κ3) is 5.27. The van der Waals surface area contributed by atoms with Gasteiger partial charge in [-0.3, -0.25) is 4.72 Å². The first kappa shape index (κ1) is 20.7. The number of anilines is 2. The number of nitrogens with one attached hydrogen (secondary N) is 3. The Bertz CT molecular complexity index is 1100. The van der Waals surface area contributed by atoms with Gasteiger partial charge in [-0.25, -0.2) is 8.42 Å². The average molecular weight is 432 g/mol. The van der Waals surface area contributed by atoms with Gasteiger partial charge in [0.15, 0.2) is 5.11 Å². The molecule has 0 radical (unpaired) electrons. The molecule has 0 spiro atoms. The monoisotopic (exact) mass is 431 g/mol. The number of hydrogen-bond donors (Lipinski definition) is 3. The van der Waals surface area contributed by atoms with Crippen LogP contribution >= 0.6 is 12.2 Å². The van der Waals surface area contributed by atoms with E-state index in [1.54, 1.807) is 55.7 Å². The number of rotatable bonds is 7. The molecule has 0 fully saturated rings. The van der Waals surface area contributed by atoms with Crippen molar-refractivity contribution >= 4 is 38.7 Å². The summed E-state index contributed by atoms with van der Waals surface area (Å²) < 4.78 is 38.9. The smallest absolute Gasteiger partial charge is 0.262 e. The Morgan fingerprint density at radius 2 is 1.93 bits per heavy atom. The SMILES string of the molecule is COc1ccccc1NS(=O)(=O)c1cc(NC(=S)NCc2ccco2)ccc1C. The molecule has 0 unspecified atom stereocenters. The molecule has 7 nitrogen and oxygen atoms in total. The molecule has 3 rings (SSSR count). The molecule has 0 aliphatic rings. The molecule has 0 aliphatic heterocycles. The maximum absolute atomic E-state index is 13.0. The van der Waals surface area contributed by atoms with Gasteiger partial charge in [-0.2, -0.15) is 0 Å². The van der Waals surface area contributed by atoms with Crippen molar-refractivity contribution in [3.63, 3.8) is 0 Å². The van der Waals surface area contributed by atoms with E-state index in [-0.39, 0.29) is 4.90 Å². The summed E-state index contributed by atoms with van der Waals surface area (Å²) in [5.74, 6) is 1.17. The molecule has 3 N–H and O–H groups in total. The molecule has 0 saturated carbocycles. The van der Waals surface area contributed by atoms with Gasteiger partial charge in [-0.1, -0.05) is 18.2 Å². The van der Waals surface area contributed by atoms with Crippen molar-refractivity contribution in [1.82, 2.24) is 5.32 Å². The van der Waals surface area contributed by atoms with E-state index in [1.807, 2.05) is 6.07 Å². The molecule has 1 heterocycles. The van der Waals surface area contributed by atoms with Gasteiger partial charge in [0, 0.05) is 5.69 Å². The highest BCUT2D eigenvalue weighted by Crippen LogP contribution is 2.28. The van der Waals surface area contributed by atoms with Crippen LogP contribution < -0.4 is 20.1 Å². The van der Waals surface area contributed by atoms with E-state index in [4.69, 9.17) is 21.4 Å². The summed E-state index contributed by atoms with van der Waals surface area (Å²) in [6.45, 7) is 2.15. The third-order valence-electron chi connectivity index (χ3n) is 4.09. The van der Waals surface area contributed by atoms with E-state index in [1.165, 1.54) is 13.2 Å². The second-order valence-corrected chi connectivity index (χ2v) is 8.23. The minimum absolute atomic E-state index is 0.141. The molecular formula is C20H21N3O4S2. The molecule has 9 heteroatoms. The van der Waals surface area contributed by atoms with Gasteiger partial charge in [-0.15, -0.1) is 0 Å².